The van der Waals surface area contributed by atoms with Gasteiger partial charge in [-0.3, -0.25) is 9.59 Å². The van der Waals surface area contributed by atoms with Gasteiger partial charge < -0.3 is 5.32 Å². The number of carbonyl (C=O) groups is 2. The molecule has 0 bridgehead atoms. The zero-order valence-electron chi connectivity index (χ0n) is 15.0. The van der Waals surface area contributed by atoms with Crippen LogP contribution in [0.3, 0.4) is 0 Å². The Bertz CT molecular complexity index is 936. The molecule has 0 atom stereocenters. The van der Waals surface area contributed by atoms with Gasteiger partial charge in [0.05, 0.1) is 4.90 Å². The number of rotatable bonds is 7. The Morgan fingerprint density at radius 3 is 2.42 bits per heavy atom. The Labute approximate surface area is 153 Å². The van der Waals surface area contributed by atoms with E-state index in [0.29, 0.717) is 11.3 Å². The molecule has 138 valence electrons. The number of carbonyl (C=O) groups excluding carboxylic acids is 2. The molecule has 0 fully saturated rings. The third kappa shape index (κ3) is 5.24. The van der Waals surface area contributed by atoms with Crippen LogP contribution in [0.2, 0.25) is 0 Å². The fourth-order valence-corrected chi connectivity index (χ4v) is 3.51. The van der Waals surface area contributed by atoms with Crippen molar-refractivity contribution in [2.45, 2.75) is 32.1 Å². The monoisotopic (exact) mass is 374 g/mol. The number of aryl methyl sites for hydroxylation is 2. The number of amides is 1. The van der Waals surface area contributed by atoms with E-state index in [2.05, 4.69) is 10.0 Å². The second-order valence-electron chi connectivity index (χ2n) is 6.10. The summed E-state index contributed by atoms with van der Waals surface area (Å²) in [5.41, 5.74) is 3.07. The largest absolute Gasteiger partial charge is 0.326 e. The first kappa shape index (κ1) is 19.8. The highest BCUT2D eigenvalue weighted by molar-refractivity contribution is 7.89. The number of nitrogens with one attached hydrogen (secondary N) is 2. The van der Waals surface area contributed by atoms with E-state index >= 15 is 0 Å². The molecule has 2 rings (SSSR count). The van der Waals surface area contributed by atoms with E-state index in [1.165, 1.54) is 25.1 Å². The zero-order valence-corrected chi connectivity index (χ0v) is 15.8. The molecule has 0 aliphatic carbocycles. The predicted octanol–water partition coefficient (Wildman–Crippen LogP) is 2.81. The minimum absolute atomic E-state index is 0.0000119. The Morgan fingerprint density at radius 2 is 1.77 bits per heavy atom. The Kier molecular flexibility index (Phi) is 6.28. The summed E-state index contributed by atoms with van der Waals surface area (Å²) in [6.07, 6.45) is -0.00105. The van der Waals surface area contributed by atoms with Crippen molar-refractivity contribution in [2.75, 3.05) is 11.9 Å². The van der Waals surface area contributed by atoms with Gasteiger partial charge in [-0.15, -0.1) is 0 Å². The first-order valence-corrected chi connectivity index (χ1v) is 9.65. The van der Waals surface area contributed by atoms with Crippen LogP contribution in [-0.4, -0.2) is 26.7 Å². The second-order valence-corrected chi connectivity index (χ2v) is 7.87. The standard InChI is InChI=1S/C19H22N2O4S/c1-13-7-8-18(14(2)11-13)21-19(23)9-10-20-26(24,25)17-6-4-5-16(12-17)15(3)22/h4-8,11-12,20H,9-10H2,1-3H3,(H,21,23). The quantitative estimate of drug-likeness (QED) is 0.729. The number of sulfonamides is 1. The number of benzene rings is 2. The second kappa shape index (κ2) is 8.25. The lowest BCUT2D eigenvalue weighted by Crippen LogP contribution is -2.28. The maximum atomic E-state index is 12.3. The highest BCUT2D eigenvalue weighted by Gasteiger charge is 2.15. The lowest BCUT2D eigenvalue weighted by molar-refractivity contribution is -0.116. The van der Waals surface area contributed by atoms with Crippen molar-refractivity contribution in [1.29, 1.82) is 0 Å². The molecule has 0 aromatic heterocycles. The van der Waals surface area contributed by atoms with E-state index in [9.17, 15) is 18.0 Å². The third-order valence-corrected chi connectivity index (χ3v) is 5.31. The number of ketones is 1. The van der Waals surface area contributed by atoms with Gasteiger partial charge in [0.2, 0.25) is 15.9 Å². The molecule has 6 nitrogen and oxygen atoms in total. The number of anilines is 1. The topological polar surface area (TPSA) is 92.3 Å². The van der Waals surface area contributed by atoms with E-state index in [-0.39, 0.29) is 29.6 Å². The molecule has 0 saturated carbocycles. The van der Waals surface area contributed by atoms with Gasteiger partial charge in [0.25, 0.3) is 0 Å². The van der Waals surface area contributed by atoms with Crippen molar-refractivity contribution < 1.29 is 18.0 Å². The fourth-order valence-electron chi connectivity index (χ4n) is 2.43. The van der Waals surface area contributed by atoms with Crippen molar-refractivity contribution in [2.24, 2.45) is 0 Å². The zero-order chi connectivity index (χ0) is 19.3. The van der Waals surface area contributed by atoms with Crippen LogP contribution in [0.4, 0.5) is 5.69 Å². The maximum Gasteiger partial charge on any atom is 0.240 e. The van der Waals surface area contributed by atoms with Crippen molar-refractivity contribution in [3.05, 3.63) is 59.2 Å². The van der Waals surface area contributed by atoms with Crippen LogP contribution in [0.25, 0.3) is 0 Å². The smallest absolute Gasteiger partial charge is 0.240 e. The summed E-state index contributed by atoms with van der Waals surface area (Å²) in [4.78, 5) is 23.4. The molecule has 0 aliphatic heterocycles. The SMILES string of the molecule is CC(=O)c1cccc(S(=O)(=O)NCCC(=O)Nc2ccc(C)cc2C)c1. The van der Waals surface area contributed by atoms with Crippen molar-refractivity contribution in [3.8, 4) is 0 Å². The first-order valence-electron chi connectivity index (χ1n) is 8.17. The van der Waals surface area contributed by atoms with E-state index in [1.54, 1.807) is 6.07 Å². The van der Waals surface area contributed by atoms with Gasteiger partial charge in [0.15, 0.2) is 5.78 Å². The molecule has 1 amide bonds. The van der Waals surface area contributed by atoms with E-state index < -0.39 is 10.0 Å². The number of hydrogen-bond acceptors (Lipinski definition) is 4. The molecular weight excluding hydrogens is 352 g/mol. The van der Waals surface area contributed by atoms with E-state index in [4.69, 9.17) is 0 Å². The highest BCUT2D eigenvalue weighted by atomic mass is 32.2. The van der Waals surface area contributed by atoms with Crippen molar-refractivity contribution in [3.63, 3.8) is 0 Å². The molecule has 0 spiro atoms. The van der Waals surface area contributed by atoms with Crippen molar-refractivity contribution in [1.82, 2.24) is 4.72 Å². The van der Waals surface area contributed by atoms with Gasteiger partial charge in [-0.1, -0.05) is 29.8 Å². The molecule has 7 heteroatoms. The normalized spacial score (nSPS) is 11.2. The summed E-state index contributed by atoms with van der Waals surface area (Å²) in [5.74, 6) is -0.493. The molecule has 2 aromatic carbocycles. The summed E-state index contributed by atoms with van der Waals surface area (Å²) in [7, 11) is -3.78. The first-order chi connectivity index (χ1) is 12.2. The molecule has 2 N–H and O–H groups in total. The molecule has 0 aliphatic rings. The molecule has 0 radical (unpaired) electrons. The molecule has 0 unspecified atom stereocenters. The molecule has 26 heavy (non-hydrogen) atoms. The summed E-state index contributed by atoms with van der Waals surface area (Å²) in [6.45, 7) is 5.20. The fraction of sp³-hybridized carbons (Fsp3) is 0.263. The predicted molar refractivity (Wildman–Crippen MR) is 101 cm³/mol. The summed E-state index contributed by atoms with van der Waals surface area (Å²) in [5, 5.41) is 2.77. The Hall–Kier alpha value is -2.51. The third-order valence-electron chi connectivity index (χ3n) is 3.85. The van der Waals surface area contributed by atoms with Gasteiger partial charge in [-0.2, -0.15) is 0 Å². The van der Waals surface area contributed by atoms with Gasteiger partial charge in [0, 0.05) is 24.2 Å². The van der Waals surface area contributed by atoms with E-state index in [1.807, 2.05) is 32.0 Å². The van der Waals surface area contributed by atoms with Crippen LogP contribution in [0, 0.1) is 13.8 Å². The average molecular weight is 374 g/mol. The maximum absolute atomic E-state index is 12.3. The lowest BCUT2D eigenvalue weighted by atomic mass is 10.1. The number of hydrogen-bond donors (Lipinski definition) is 2. The Morgan fingerprint density at radius 1 is 1.04 bits per heavy atom. The number of Topliss-reactive ketones (excluding diaryl/α,β-unsaturated/α-hetero) is 1. The van der Waals surface area contributed by atoms with Gasteiger partial charge >= 0.3 is 0 Å². The van der Waals surface area contributed by atoms with Crippen LogP contribution in [0.1, 0.15) is 34.8 Å². The van der Waals surface area contributed by atoms with Gasteiger partial charge in [0.1, 0.15) is 0 Å². The molecular formula is C19H22N2O4S. The minimum Gasteiger partial charge on any atom is -0.326 e. The summed E-state index contributed by atoms with van der Waals surface area (Å²) < 4.78 is 27.0. The van der Waals surface area contributed by atoms with Crippen LogP contribution < -0.4 is 10.0 Å². The van der Waals surface area contributed by atoms with Crippen LogP contribution in [-0.2, 0) is 14.8 Å². The van der Waals surface area contributed by atoms with Gasteiger partial charge in [-0.25, -0.2) is 13.1 Å². The molecule has 0 heterocycles. The Balaban J connectivity index is 1.94. The lowest BCUT2D eigenvalue weighted by Gasteiger charge is -2.10. The average Bonchev–Trinajstić information content (AvgIpc) is 2.57. The highest BCUT2D eigenvalue weighted by Crippen LogP contribution is 2.16. The summed E-state index contributed by atoms with van der Waals surface area (Å²) in [6, 6.07) is 11.5. The van der Waals surface area contributed by atoms with Crippen LogP contribution in [0.5, 0.6) is 0 Å². The molecule has 0 saturated heterocycles. The van der Waals surface area contributed by atoms with Gasteiger partial charge in [-0.05, 0) is 44.5 Å². The molecule has 2 aromatic rings. The minimum atomic E-state index is -3.78. The van der Waals surface area contributed by atoms with Crippen molar-refractivity contribution >= 4 is 27.4 Å². The van der Waals surface area contributed by atoms with E-state index in [0.717, 1.165) is 11.1 Å². The van der Waals surface area contributed by atoms with Crippen LogP contribution in [0.15, 0.2) is 47.4 Å². The van der Waals surface area contributed by atoms with Crippen LogP contribution >= 0.6 is 0 Å². The summed E-state index contributed by atoms with van der Waals surface area (Å²) >= 11 is 0.